The molecule has 2 aromatic heterocycles. The number of aromatic nitrogens is 4. The molecule has 0 saturated heterocycles. The number of nitrogens with one attached hydrogen (secondary N) is 1. The zero-order valence-electron chi connectivity index (χ0n) is 12.9. The van der Waals surface area contributed by atoms with Gasteiger partial charge in [-0.1, -0.05) is 12.5 Å². The Morgan fingerprint density at radius 3 is 3.05 bits per heavy atom. The Hall–Kier alpha value is -2.24. The second kappa shape index (κ2) is 6.68. The summed E-state index contributed by atoms with van der Waals surface area (Å²) in [6.07, 6.45) is 5.32. The fraction of sp³-hybridized carbons (Fsp3) is 0.500. The highest BCUT2D eigenvalue weighted by Crippen LogP contribution is 2.14. The van der Waals surface area contributed by atoms with Crippen molar-refractivity contribution in [3.63, 3.8) is 0 Å². The van der Waals surface area contributed by atoms with Gasteiger partial charge in [0.15, 0.2) is 0 Å². The molecular weight excluding hydrogens is 278 g/mol. The molecule has 6 heteroatoms. The highest BCUT2D eigenvalue weighted by Gasteiger charge is 2.14. The van der Waals surface area contributed by atoms with Gasteiger partial charge in [0, 0.05) is 31.6 Å². The molecule has 1 N–H and O–H groups in total. The van der Waals surface area contributed by atoms with E-state index in [0.29, 0.717) is 18.7 Å². The summed E-state index contributed by atoms with van der Waals surface area (Å²) in [5, 5.41) is 11.4. The monoisotopic (exact) mass is 299 g/mol. The van der Waals surface area contributed by atoms with E-state index in [-0.39, 0.29) is 5.91 Å². The van der Waals surface area contributed by atoms with Crippen LogP contribution in [-0.4, -0.2) is 32.2 Å². The molecule has 0 saturated carbocycles. The topological polar surface area (TPSA) is 72.7 Å². The van der Waals surface area contributed by atoms with Gasteiger partial charge in [-0.3, -0.25) is 4.79 Å². The summed E-state index contributed by atoms with van der Waals surface area (Å²) in [4.78, 5) is 16.3. The summed E-state index contributed by atoms with van der Waals surface area (Å²) in [5.41, 5.74) is 1.30. The van der Waals surface area contributed by atoms with E-state index >= 15 is 0 Å². The van der Waals surface area contributed by atoms with E-state index in [0.717, 1.165) is 30.3 Å². The van der Waals surface area contributed by atoms with Crippen LogP contribution in [0.4, 0.5) is 0 Å². The smallest absolute Gasteiger partial charge is 0.269 e. The molecule has 0 radical (unpaired) electrons. The number of hydrogen-bond donors (Lipinski definition) is 1. The van der Waals surface area contributed by atoms with Crippen molar-refractivity contribution in [3.8, 4) is 0 Å². The quantitative estimate of drug-likeness (QED) is 0.932. The Kier molecular flexibility index (Phi) is 4.46. The first-order chi connectivity index (χ1) is 10.7. The number of rotatable bonds is 4. The third-order valence-corrected chi connectivity index (χ3v) is 3.94. The zero-order chi connectivity index (χ0) is 15.4. The van der Waals surface area contributed by atoms with Crippen molar-refractivity contribution in [2.45, 2.75) is 45.6 Å². The Labute approximate surface area is 130 Å². The number of aryl methyl sites for hydroxylation is 2. The predicted molar refractivity (Wildman–Crippen MR) is 82.6 cm³/mol. The van der Waals surface area contributed by atoms with Crippen molar-refractivity contribution in [2.75, 3.05) is 6.54 Å². The summed E-state index contributed by atoms with van der Waals surface area (Å²) in [6.45, 7) is 3.42. The van der Waals surface area contributed by atoms with Gasteiger partial charge in [0.1, 0.15) is 17.3 Å². The van der Waals surface area contributed by atoms with E-state index < -0.39 is 0 Å². The van der Waals surface area contributed by atoms with Crippen LogP contribution in [0.3, 0.4) is 0 Å². The molecule has 0 aromatic carbocycles. The standard InChI is InChI=1S/C16H21N5O/c1-12-6-5-7-13(18-12)16(22)17-10-9-15-20-19-14-8-3-2-4-11-21(14)15/h5-7H,2-4,8-11H2,1H3,(H,17,22). The third kappa shape index (κ3) is 3.32. The van der Waals surface area contributed by atoms with Crippen LogP contribution in [0.1, 0.15) is 47.1 Å². The molecule has 2 aromatic rings. The van der Waals surface area contributed by atoms with Crippen LogP contribution in [0.5, 0.6) is 0 Å². The fourth-order valence-corrected chi connectivity index (χ4v) is 2.78. The largest absolute Gasteiger partial charge is 0.350 e. The van der Waals surface area contributed by atoms with E-state index in [1.54, 1.807) is 6.07 Å². The average molecular weight is 299 g/mol. The molecule has 0 unspecified atom stereocenters. The maximum Gasteiger partial charge on any atom is 0.269 e. The molecular formula is C16H21N5O. The first kappa shape index (κ1) is 14.7. The van der Waals surface area contributed by atoms with Crippen LogP contribution < -0.4 is 5.32 Å². The van der Waals surface area contributed by atoms with Crippen molar-refractivity contribution in [1.82, 2.24) is 25.1 Å². The minimum absolute atomic E-state index is 0.140. The summed E-state index contributed by atoms with van der Waals surface area (Å²) in [5.74, 6) is 1.91. The average Bonchev–Trinajstić information content (AvgIpc) is 2.75. The highest BCUT2D eigenvalue weighted by molar-refractivity contribution is 5.92. The highest BCUT2D eigenvalue weighted by atomic mass is 16.1. The predicted octanol–water partition coefficient (Wildman–Crippen LogP) is 1.68. The van der Waals surface area contributed by atoms with Gasteiger partial charge in [-0.25, -0.2) is 4.98 Å². The molecule has 0 bridgehead atoms. The summed E-state index contributed by atoms with van der Waals surface area (Å²) >= 11 is 0. The number of amides is 1. The number of hydrogen-bond acceptors (Lipinski definition) is 4. The van der Waals surface area contributed by atoms with Crippen molar-refractivity contribution in [1.29, 1.82) is 0 Å². The van der Waals surface area contributed by atoms with Gasteiger partial charge in [0.25, 0.3) is 5.91 Å². The fourth-order valence-electron chi connectivity index (χ4n) is 2.78. The number of fused-ring (bicyclic) bond motifs is 1. The lowest BCUT2D eigenvalue weighted by Crippen LogP contribution is -2.27. The van der Waals surface area contributed by atoms with Gasteiger partial charge in [-0.2, -0.15) is 0 Å². The lowest BCUT2D eigenvalue weighted by atomic mass is 10.2. The summed E-state index contributed by atoms with van der Waals surface area (Å²) in [7, 11) is 0. The van der Waals surface area contributed by atoms with Crippen LogP contribution in [0, 0.1) is 6.92 Å². The van der Waals surface area contributed by atoms with Crippen molar-refractivity contribution >= 4 is 5.91 Å². The molecule has 22 heavy (non-hydrogen) atoms. The van der Waals surface area contributed by atoms with Gasteiger partial charge < -0.3 is 9.88 Å². The number of carbonyl (C=O) groups is 1. The lowest BCUT2D eigenvalue weighted by molar-refractivity contribution is 0.0948. The number of carbonyl (C=O) groups excluding carboxylic acids is 1. The molecule has 116 valence electrons. The molecule has 1 aliphatic heterocycles. The van der Waals surface area contributed by atoms with E-state index in [1.807, 2.05) is 19.1 Å². The Bertz CT molecular complexity index is 664. The van der Waals surface area contributed by atoms with Crippen molar-refractivity contribution < 1.29 is 4.79 Å². The van der Waals surface area contributed by atoms with Gasteiger partial charge in [0.05, 0.1) is 0 Å². The number of nitrogens with zero attached hydrogens (tertiary/aromatic N) is 4. The molecule has 3 rings (SSSR count). The van der Waals surface area contributed by atoms with E-state index in [1.165, 1.54) is 19.3 Å². The SMILES string of the molecule is Cc1cccc(C(=O)NCCc2nnc3n2CCCCC3)n1. The lowest BCUT2D eigenvalue weighted by Gasteiger charge is -2.08. The van der Waals surface area contributed by atoms with E-state index in [4.69, 9.17) is 0 Å². The van der Waals surface area contributed by atoms with Crippen LogP contribution in [0.2, 0.25) is 0 Å². The molecule has 6 nitrogen and oxygen atoms in total. The molecule has 0 spiro atoms. The minimum Gasteiger partial charge on any atom is -0.350 e. The van der Waals surface area contributed by atoms with Gasteiger partial charge in [0.2, 0.25) is 0 Å². The zero-order valence-corrected chi connectivity index (χ0v) is 12.9. The molecule has 3 heterocycles. The van der Waals surface area contributed by atoms with Crippen molar-refractivity contribution in [2.24, 2.45) is 0 Å². The van der Waals surface area contributed by atoms with E-state index in [2.05, 4.69) is 25.1 Å². The first-order valence-corrected chi connectivity index (χ1v) is 7.87. The normalized spacial score (nSPS) is 14.2. The molecule has 0 fully saturated rings. The minimum atomic E-state index is -0.140. The Morgan fingerprint density at radius 2 is 2.18 bits per heavy atom. The second-order valence-electron chi connectivity index (χ2n) is 5.66. The number of pyridine rings is 1. The maximum atomic E-state index is 12.1. The summed E-state index contributed by atoms with van der Waals surface area (Å²) < 4.78 is 2.21. The van der Waals surface area contributed by atoms with Crippen LogP contribution in [0.15, 0.2) is 18.2 Å². The summed E-state index contributed by atoms with van der Waals surface area (Å²) in [6, 6.07) is 5.45. The second-order valence-corrected chi connectivity index (χ2v) is 5.66. The molecule has 1 aliphatic rings. The Morgan fingerprint density at radius 1 is 1.27 bits per heavy atom. The van der Waals surface area contributed by atoms with Gasteiger partial charge in [-0.05, 0) is 31.9 Å². The van der Waals surface area contributed by atoms with Crippen LogP contribution in [0.25, 0.3) is 0 Å². The van der Waals surface area contributed by atoms with Crippen molar-refractivity contribution in [3.05, 3.63) is 41.2 Å². The maximum absolute atomic E-state index is 12.1. The third-order valence-electron chi connectivity index (χ3n) is 3.94. The Balaban J connectivity index is 1.57. The van der Waals surface area contributed by atoms with Gasteiger partial charge >= 0.3 is 0 Å². The van der Waals surface area contributed by atoms with Gasteiger partial charge in [-0.15, -0.1) is 10.2 Å². The molecule has 1 amide bonds. The van der Waals surface area contributed by atoms with Crippen LogP contribution >= 0.6 is 0 Å². The first-order valence-electron chi connectivity index (χ1n) is 7.87. The molecule has 0 atom stereocenters. The van der Waals surface area contributed by atoms with Crippen LogP contribution in [-0.2, 0) is 19.4 Å². The molecule has 0 aliphatic carbocycles. The van der Waals surface area contributed by atoms with E-state index in [9.17, 15) is 4.79 Å².